The van der Waals surface area contributed by atoms with E-state index < -0.39 is 0 Å². The zero-order valence-electron chi connectivity index (χ0n) is 10.8. The lowest BCUT2D eigenvalue weighted by atomic mass is 10.4. The Bertz CT molecular complexity index is 341. The number of rotatable bonds is 7. The molecule has 0 spiro atoms. The predicted molar refractivity (Wildman–Crippen MR) is 68.5 cm³/mol. The molecule has 0 amide bonds. The maximum atomic E-state index is 5.77. The van der Waals surface area contributed by atoms with Gasteiger partial charge in [-0.2, -0.15) is 4.98 Å². The number of hydrogen-bond donors (Lipinski definition) is 1. The van der Waals surface area contributed by atoms with Crippen LogP contribution >= 0.6 is 0 Å². The van der Waals surface area contributed by atoms with Crippen molar-refractivity contribution in [2.75, 3.05) is 39.1 Å². The highest BCUT2D eigenvalue weighted by Gasteiger charge is 2.05. The Morgan fingerprint density at radius 1 is 1.29 bits per heavy atom. The van der Waals surface area contributed by atoms with E-state index in [2.05, 4.69) is 23.7 Å². The minimum absolute atomic E-state index is 0.441. The molecule has 1 heterocycles. The number of likely N-dealkylation sites (N-methyl/N-ethyl adjacent to an activating group) is 1. The van der Waals surface area contributed by atoms with Crippen molar-refractivity contribution in [2.24, 2.45) is 0 Å². The summed E-state index contributed by atoms with van der Waals surface area (Å²) in [5.74, 6) is 0.952. The standard InChI is InChI=1S/C12H21N3O2/c1-4-15(5-2)8-9-17-12-10(13)6-7-11(14-12)16-3/h6-7H,4-5,8-9,13H2,1-3H3. The van der Waals surface area contributed by atoms with Crippen LogP contribution in [0.5, 0.6) is 11.8 Å². The van der Waals surface area contributed by atoms with Crippen LogP contribution in [0.3, 0.4) is 0 Å². The normalized spacial score (nSPS) is 10.6. The monoisotopic (exact) mass is 239 g/mol. The van der Waals surface area contributed by atoms with E-state index in [0.717, 1.165) is 19.6 Å². The average molecular weight is 239 g/mol. The number of nitrogens with two attached hydrogens (primary N) is 1. The molecule has 5 nitrogen and oxygen atoms in total. The van der Waals surface area contributed by atoms with Crippen LogP contribution in [-0.2, 0) is 0 Å². The molecule has 0 atom stereocenters. The van der Waals surface area contributed by atoms with Gasteiger partial charge in [0.2, 0.25) is 11.8 Å². The van der Waals surface area contributed by atoms with Gasteiger partial charge in [-0.25, -0.2) is 0 Å². The van der Waals surface area contributed by atoms with Crippen LogP contribution in [0.25, 0.3) is 0 Å². The van der Waals surface area contributed by atoms with Gasteiger partial charge >= 0.3 is 0 Å². The Labute approximate surface area is 103 Å². The van der Waals surface area contributed by atoms with Crippen molar-refractivity contribution < 1.29 is 9.47 Å². The third-order valence-corrected chi connectivity index (χ3v) is 2.61. The highest BCUT2D eigenvalue weighted by molar-refractivity contribution is 5.49. The molecule has 0 aromatic carbocycles. The van der Waals surface area contributed by atoms with Crippen molar-refractivity contribution in [3.05, 3.63) is 12.1 Å². The number of methoxy groups -OCH3 is 1. The topological polar surface area (TPSA) is 60.6 Å². The first-order valence-electron chi connectivity index (χ1n) is 5.86. The zero-order valence-corrected chi connectivity index (χ0v) is 10.8. The van der Waals surface area contributed by atoms with E-state index >= 15 is 0 Å². The molecule has 0 unspecified atom stereocenters. The Morgan fingerprint density at radius 3 is 2.59 bits per heavy atom. The first kappa shape index (κ1) is 13.6. The van der Waals surface area contributed by atoms with E-state index in [1.54, 1.807) is 19.2 Å². The van der Waals surface area contributed by atoms with E-state index in [-0.39, 0.29) is 0 Å². The van der Waals surface area contributed by atoms with Crippen molar-refractivity contribution in [3.8, 4) is 11.8 Å². The SMILES string of the molecule is CCN(CC)CCOc1nc(OC)ccc1N. The van der Waals surface area contributed by atoms with E-state index in [9.17, 15) is 0 Å². The highest BCUT2D eigenvalue weighted by atomic mass is 16.5. The molecule has 1 aromatic heterocycles. The average Bonchev–Trinajstić information content (AvgIpc) is 2.36. The van der Waals surface area contributed by atoms with Gasteiger partial charge in [0.15, 0.2) is 0 Å². The van der Waals surface area contributed by atoms with Gasteiger partial charge in [0.05, 0.1) is 12.8 Å². The molecule has 96 valence electrons. The fourth-order valence-electron chi connectivity index (χ4n) is 1.47. The Hall–Kier alpha value is -1.49. The maximum Gasteiger partial charge on any atom is 0.240 e. The van der Waals surface area contributed by atoms with E-state index in [1.165, 1.54) is 0 Å². The fraction of sp³-hybridized carbons (Fsp3) is 0.583. The van der Waals surface area contributed by atoms with Gasteiger partial charge in [0.1, 0.15) is 6.61 Å². The highest BCUT2D eigenvalue weighted by Crippen LogP contribution is 2.21. The number of nitrogens with zero attached hydrogens (tertiary/aromatic N) is 2. The molecule has 0 saturated heterocycles. The van der Waals surface area contributed by atoms with E-state index in [1.807, 2.05) is 0 Å². The van der Waals surface area contributed by atoms with Crippen molar-refractivity contribution in [3.63, 3.8) is 0 Å². The lowest BCUT2D eigenvalue weighted by Crippen LogP contribution is -2.28. The van der Waals surface area contributed by atoms with Gasteiger partial charge in [0.25, 0.3) is 0 Å². The minimum atomic E-state index is 0.441. The quantitative estimate of drug-likeness (QED) is 0.779. The molecule has 0 fully saturated rings. The summed E-state index contributed by atoms with van der Waals surface area (Å²) in [6, 6.07) is 3.45. The molecule has 1 rings (SSSR count). The number of hydrogen-bond acceptors (Lipinski definition) is 5. The van der Waals surface area contributed by atoms with Gasteiger partial charge in [-0.05, 0) is 19.2 Å². The molecule has 17 heavy (non-hydrogen) atoms. The Morgan fingerprint density at radius 2 is 2.00 bits per heavy atom. The van der Waals surface area contributed by atoms with Gasteiger partial charge in [0, 0.05) is 12.6 Å². The number of pyridine rings is 1. The maximum absolute atomic E-state index is 5.77. The van der Waals surface area contributed by atoms with Crippen LogP contribution in [0.2, 0.25) is 0 Å². The summed E-state index contributed by atoms with van der Waals surface area (Å²) < 4.78 is 10.6. The van der Waals surface area contributed by atoms with Gasteiger partial charge in [-0.1, -0.05) is 13.8 Å². The summed E-state index contributed by atoms with van der Waals surface area (Å²) in [5.41, 5.74) is 6.30. The number of nitrogen functional groups attached to an aromatic ring is 1. The van der Waals surface area contributed by atoms with Gasteiger partial charge in [-0.3, -0.25) is 0 Å². The van der Waals surface area contributed by atoms with Crippen LogP contribution in [0.4, 0.5) is 5.69 Å². The van der Waals surface area contributed by atoms with Crippen LogP contribution in [0.1, 0.15) is 13.8 Å². The molecule has 0 bridgehead atoms. The summed E-state index contributed by atoms with van der Waals surface area (Å²) in [7, 11) is 1.57. The summed E-state index contributed by atoms with van der Waals surface area (Å²) in [6.45, 7) is 7.72. The number of ether oxygens (including phenoxy) is 2. The van der Waals surface area contributed by atoms with Crippen molar-refractivity contribution >= 4 is 5.69 Å². The van der Waals surface area contributed by atoms with Gasteiger partial charge in [-0.15, -0.1) is 0 Å². The first-order chi connectivity index (χ1) is 8.21. The van der Waals surface area contributed by atoms with Gasteiger partial charge < -0.3 is 20.1 Å². The summed E-state index contributed by atoms with van der Waals surface area (Å²) >= 11 is 0. The van der Waals surface area contributed by atoms with E-state index in [0.29, 0.717) is 24.1 Å². The summed E-state index contributed by atoms with van der Waals surface area (Å²) in [6.07, 6.45) is 0. The summed E-state index contributed by atoms with van der Waals surface area (Å²) in [4.78, 5) is 6.43. The van der Waals surface area contributed by atoms with Crippen molar-refractivity contribution in [2.45, 2.75) is 13.8 Å². The second-order valence-corrected chi connectivity index (χ2v) is 3.62. The zero-order chi connectivity index (χ0) is 12.7. The Balaban J connectivity index is 2.50. The lowest BCUT2D eigenvalue weighted by molar-refractivity contribution is 0.217. The van der Waals surface area contributed by atoms with E-state index in [4.69, 9.17) is 15.2 Å². The largest absolute Gasteiger partial charge is 0.481 e. The molecule has 2 N–H and O–H groups in total. The molecule has 0 aliphatic rings. The second kappa shape index (κ2) is 6.96. The van der Waals surface area contributed by atoms with Crippen LogP contribution in [0.15, 0.2) is 12.1 Å². The summed E-state index contributed by atoms with van der Waals surface area (Å²) in [5, 5.41) is 0. The third kappa shape index (κ3) is 4.11. The predicted octanol–water partition coefficient (Wildman–Crippen LogP) is 1.39. The molecular formula is C12H21N3O2. The molecular weight excluding hydrogens is 218 g/mol. The number of aromatic nitrogens is 1. The minimum Gasteiger partial charge on any atom is -0.481 e. The third-order valence-electron chi connectivity index (χ3n) is 2.61. The van der Waals surface area contributed by atoms with Crippen LogP contribution < -0.4 is 15.2 Å². The molecule has 0 aliphatic heterocycles. The second-order valence-electron chi connectivity index (χ2n) is 3.62. The smallest absolute Gasteiger partial charge is 0.240 e. The van der Waals surface area contributed by atoms with Crippen molar-refractivity contribution in [1.29, 1.82) is 0 Å². The van der Waals surface area contributed by atoms with Crippen LogP contribution in [-0.4, -0.2) is 43.2 Å². The Kier molecular flexibility index (Phi) is 5.56. The lowest BCUT2D eigenvalue weighted by Gasteiger charge is -2.18. The fourth-order valence-corrected chi connectivity index (χ4v) is 1.47. The van der Waals surface area contributed by atoms with Crippen molar-refractivity contribution in [1.82, 2.24) is 9.88 Å². The molecule has 0 saturated carbocycles. The van der Waals surface area contributed by atoms with Crippen LogP contribution in [0, 0.1) is 0 Å². The molecule has 0 aliphatic carbocycles. The number of anilines is 1. The first-order valence-corrected chi connectivity index (χ1v) is 5.86. The molecule has 1 aromatic rings. The molecule has 5 heteroatoms. The molecule has 0 radical (unpaired) electrons.